The molecule has 2 amide bonds. The molecule has 0 bridgehead atoms. The lowest BCUT2D eigenvalue weighted by Crippen LogP contribution is -2.67. The molecule has 1 heterocycles. The fourth-order valence-corrected chi connectivity index (χ4v) is 3.02. The maximum absolute atomic E-state index is 12.5. The van der Waals surface area contributed by atoms with Crippen molar-refractivity contribution in [1.82, 2.24) is 10.2 Å². The van der Waals surface area contributed by atoms with Gasteiger partial charge in [0.2, 0.25) is 11.8 Å². The van der Waals surface area contributed by atoms with Crippen molar-refractivity contribution < 1.29 is 14.3 Å². The molecule has 3 aliphatic rings. The van der Waals surface area contributed by atoms with Gasteiger partial charge in [-0.3, -0.25) is 9.59 Å². The molecule has 0 radical (unpaired) electrons. The van der Waals surface area contributed by atoms with E-state index in [-0.39, 0.29) is 36.0 Å². The lowest BCUT2D eigenvalue weighted by atomic mass is 9.85. The molecule has 2 saturated carbocycles. The van der Waals surface area contributed by atoms with Crippen molar-refractivity contribution in [3.63, 3.8) is 0 Å². The molecule has 5 nitrogen and oxygen atoms in total. The lowest BCUT2D eigenvalue weighted by Gasteiger charge is -2.48. The molecule has 0 aromatic heterocycles. The van der Waals surface area contributed by atoms with Crippen molar-refractivity contribution in [1.29, 1.82) is 0 Å². The Morgan fingerprint density at radius 2 is 1.94 bits per heavy atom. The van der Waals surface area contributed by atoms with E-state index in [1.807, 2.05) is 6.92 Å². The van der Waals surface area contributed by atoms with Crippen LogP contribution in [0.2, 0.25) is 0 Å². The second kappa shape index (κ2) is 4.23. The second-order valence-electron chi connectivity index (χ2n) is 5.73. The molecule has 100 valence electrons. The summed E-state index contributed by atoms with van der Waals surface area (Å²) < 4.78 is 5.25. The monoisotopic (exact) mass is 252 g/mol. The molecule has 2 aliphatic carbocycles. The number of hydrogen-bond donors (Lipinski definition) is 1. The van der Waals surface area contributed by atoms with Gasteiger partial charge in [-0.2, -0.15) is 0 Å². The van der Waals surface area contributed by atoms with E-state index < -0.39 is 0 Å². The van der Waals surface area contributed by atoms with Crippen molar-refractivity contribution in [2.75, 3.05) is 7.11 Å². The van der Waals surface area contributed by atoms with Crippen LogP contribution in [0.4, 0.5) is 0 Å². The van der Waals surface area contributed by atoms with Crippen LogP contribution in [0.3, 0.4) is 0 Å². The Morgan fingerprint density at radius 3 is 2.50 bits per heavy atom. The molecule has 0 spiro atoms. The standard InChI is InChI=1S/C13H20N2O3/c1-7-12(16)14-11(8-3-4-8)13(17)15(7)9-5-10(6-9)18-2/h7-11H,3-6H2,1-2H3,(H,14,16). The largest absolute Gasteiger partial charge is 0.381 e. The zero-order chi connectivity index (χ0) is 12.9. The predicted octanol–water partition coefficient (Wildman–Crippen LogP) is 0.289. The van der Waals surface area contributed by atoms with Gasteiger partial charge in [0, 0.05) is 13.2 Å². The van der Waals surface area contributed by atoms with E-state index in [0.29, 0.717) is 5.92 Å². The number of rotatable bonds is 3. The van der Waals surface area contributed by atoms with E-state index >= 15 is 0 Å². The summed E-state index contributed by atoms with van der Waals surface area (Å²) in [7, 11) is 1.70. The molecular formula is C13H20N2O3. The maximum Gasteiger partial charge on any atom is 0.246 e. The first-order valence-corrected chi connectivity index (χ1v) is 6.77. The van der Waals surface area contributed by atoms with Gasteiger partial charge in [-0.05, 0) is 38.5 Å². The quantitative estimate of drug-likeness (QED) is 0.785. The van der Waals surface area contributed by atoms with Crippen LogP contribution in [-0.2, 0) is 14.3 Å². The summed E-state index contributed by atoms with van der Waals surface area (Å²) in [6.07, 6.45) is 4.09. The Hall–Kier alpha value is -1.10. The normalized spacial score (nSPS) is 40.4. The van der Waals surface area contributed by atoms with E-state index in [1.54, 1.807) is 12.0 Å². The number of hydrogen-bond acceptors (Lipinski definition) is 3. The number of ether oxygens (including phenoxy) is 1. The van der Waals surface area contributed by atoms with Gasteiger partial charge in [0.25, 0.3) is 0 Å². The maximum atomic E-state index is 12.5. The Balaban J connectivity index is 1.73. The summed E-state index contributed by atoms with van der Waals surface area (Å²) in [5.41, 5.74) is 0. The van der Waals surface area contributed by atoms with Crippen LogP contribution >= 0.6 is 0 Å². The van der Waals surface area contributed by atoms with Crippen molar-refractivity contribution in [3.8, 4) is 0 Å². The van der Waals surface area contributed by atoms with Crippen molar-refractivity contribution in [2.24, 2.45) is 5.92 Å². The fourth-order valence-electron chi connectivity index (χ4n) is 3.02. The third kappa shape index (κ3) is 1.81. The van der Waals surface area contributed by atoms with Crippen LogP contribution in [0.5, 0.6) is 0 Å². The van der Waals surface area contributed by atoms with E-state index in [2.05, 4.69) is 5.32 Å². The number of carbonyl (C=O) groups excluding carboxylic acids is 2. The summed E-state index contributed by atoms with van der Waals surface area (Å²) in [5.74, 6) is 0.478. The fraction of sp³-hybridized carbons (Fsp3) is 0.846. The minimum absolute atomic E-state index is 0.00707. The van der Waals surface area contributed by atoms with Crippen molar-refractivity contribution >= 4 is 11.8 Å². The molecule has 1 saturated heterocycles. The zero-order valence-corrected chi connectivity index (χ0v) is 10.9. The van der Waals surface area contributed by atoms with Crippen LogP contribution in [-0.4, -0.2) is 48.1 Å². The van der Waals surface area contributed by atoms with E-state index in [0.717, 1.165) is 25.7 Å². The molecule has 5 heteroatoms. The zero-order valence-electron chi connectivity index (χ0n) is 10.9. The minimum Gasteiger partial charge on any atom is -0.381 e. The SMILES string of the molecule is COC1CC(N2C(=O)C(C3CC3)NC(=O)C2C)C1. The van der Waals surface area contributed by atoms with Gasteiger partial charge in [0.05, 0.1) is 6.10 Å². The summed E-state index contributed by atoms with van der Waals surface area (Å²) >= 11 is 0. The van der Waals surface area contributed by atoms with Gasteiger partial charge in [-0.25, -0.2) is 0 Å². The van der Waals surface area contributed by atoms with Gasteiger partial charge < -0.3 is 15.0 Å². The number of piperazine rings is 1. The minimum atomic E-state index is -0.338. The number of carbonyl (C=O) groups is 2. The molecule has 1 aliphatic heterocycles. The van der Waals surface area contributed by atoms with E-state index in [9.17, 15) is 9.59 Å². The Labute approximate surface area is 107 Å². The van der Waals surface area contributed by atoms with Gasteiger partial charge in [-0.15, -0.1) is 0 Å². The smallest absolute Gasteiger partial charge is 0.246 e. The van der Waals surface area contributed by atoms with Crippen LogP contribution in [0, 0.1) is 5.92 Å². The lowest BCUT2D eigenvalue weighted by molar-refractivity contribution is -0.157. The topological polar surface area (TPSA) is 58.6 Å². The van der Waals surface area contributed by atoms with Gasteiger partial charge in [-0.1, -0.05) is 0 Å². The highest BCUT2D eigenvalue weighted by atomic mass is 16.5. The molecule has 0 aromatic carbocycles. The molecule has 2 unspecified atom stereocenters. The summed E-state index contributed by atoms with van der Waals surface area (Å²) in [6, 6.07) is -0.421. The average Bonchev–Trinajstić information content (AvgIpc) is 3.10. The van der Waals surface area contributed by atoms with Crippen LogP contribution in [0.25, 0.3) is 0 Å². The molecular weight excluding hydrogens is 232 g/mol. The Kier molecular flexibility index (Phi) is 2.81. The Morgan fingerprint density at radius 1 is 1.28 bits per heavy atom. The molecule has 3 rings (SSSR count). The molecule has 3 fully saturated rings. The molecule has 2 atom stereocenters. The summed E-state index contributed by atoms with van der Waals surface area (Å²) in [6.45, 7) is 1.82. The number of amides is 2. The van der Waals surface area contributed by atoms with Gasteiger partial charge in [0.1, 0.15) is 12.1 Å². The third-order valence-electron chi connectivity index (χ3n) is 4.51. The summed E-state index contributed by atoms with van der Waals surface area (Å²) in [4.78, 5) is 26.2. The van der Waals surface area contributed by atoms with Crippen molar-refractivity contribution in [3.05, 3.63) is 0 Å². The van der Waals surface area contributed by atoms with Crippen molar-refractivity contribution in [2.45, 2.75) is 56.8 Å². The highest BCUT2D eigenvalue weighted by molar-refractivity contribution is 5.97. The predicted molar refractivity (Wildman–Crippen MR) is 64.8 cm³/mol. The first kappa shape index (κ1) is 12.0. The molecule has 0 aromatic rings. The third-order valence-corrected chi connectivity index (χ3v) is 4.51. The van der Waals surface area contributed by atoms with Crippen LogP contribution in [0.1, 0.15) is 32.6 Å². The first-order valence-electron chi connectivity index (χ1n) is 6.77. The number of nitrogens with one attached hydrogen (secondary N) is 1. The number of methoxy groups -OCH3 is 1. The highest BCUT2D eigenvalue weighted by Crippen LogP contribution is 2.37. The number of nitrogens with zero attached hydrogens (tertiary/aromatic N) is 1. The van der Waals surface area contributed by atoms with Gasteiger partial charge >= 0.3 is 0 Å². The average molecular weight is 252 g/mol. The van der Waals surface area contributed by atoms with E-state index in [1.165, 1.54) is 0 Å². The first-order chi connectivity index (χ1) is 8.61. The molecule has 1 N–H and O–H groups in total. The van der Waals surface area contributed by atoms with Crippen LogP contribution < -0.4 is 5.32 Å². The summed E-state index contributed by atoms with van der Waals surface area (Å²) in [5, 5.41) is 2.87. The van der Waals surface area contributed by atoms with Crippen LogP contribution in [0.15, 0.2) is 0 Å². The Bertz CT molecular complexity index is 374. The van der Waals surface area contributed by atoms with E-state index in [4.69, 9.17) is 4.74 Å². The second-order valence-corrected chi connectivity index (χ2v) is 5.73. The highest BCUT2D eigenvalue weighted by Gasteiger charge is 2.49. The van der Waals surface area contributed by atoms with Gasteiger partial charge in [0.15, 0.2) is 0 Å². The molecule has 18 heavy (non-hydrogen) atoms.